The molecule has 6 nitrogen and oxygen atoms in total. The summed E-state index contributed by atoms with van der Waals surface area (Å²) in [4.78, 5) is 24.1. The van der Waals surface area contributed by atoms with Gasteiger partial charge in [-0.25, -0.2) is 9.97 Å². The number of aromatic nitrogens is 2. The third-order valence-corrected chi connectivity index (χ3v) is 2.97. The van der Waals surface area contributed by atoms with Gasteiger partial charge in [-0.2, -0.15) is 0 Å². The van der Waals surface area contributed by atoms with E-state index in [4.69, 9.17) is 4.74 Å². The zero-order valence-corrected chi connectivity index (χ0v) is 11.0. The number of hydrogen-bond donors (Lipinski definition) is 0. The number of rotatable bonds is 2. The standard InChI is InChI=1S/C12H18N4O2/c1-12(10(17)15(2)3)9-16(7-8-18-12)11-13-5-4-6-14-11/h4-6H,7-9H2,1-3H3/t12-/m0/s1. The van der Waals surface area contributed by atoms with E-state index in [1.165, 1.54) is 0 Å². The van der Waals surface area contributed by atoms with Gasteiger partial charge in [0.2, 0.25) is 5.95 Å². The Bertz CT molecular complexity index is 423. The molecule has 0 spiro atoms. The normalized spacial score (nSPS) is 23.8. The van der Waals surface area contributed by atoms with Crippen molar-refractivity contribution in [1.82, 2.24) is 14.9 Å². The molecule has 1 aliphatic heterocycles. The van der Waals surface area contributed by atoms with Gasteiger partial charge in [0.05, 0.1) is 13.2 Å². The fourth-order valence-electron chi connectivity index (χ4n) is 2.10. The molecular formula is C12H18N4O2. The molecule has 0 radical (unpaired) electrons. The van der Waals surface area contributed by atoms with Crippen LogP contribution in [0, 0.1) is 0 Å². The van der Waals surface area contributed by atoms with Crippen LogP contribution < -0.4 is 4.90 Å². The van der Waals surface area contributed by atoms with Gasteiger partial charge in [0.25, 0.3) is 5.91 Å². The maximum absolute atomic E-state index is 12.1. The van der Waals surface area contributed by atoms with E-state index in [-0.39, 0.29) is 5.91 Å². The molecule has 1 atom stereocenters. The Hall–Kier alpha value is -1.69. The number of carbonyl (C=O) groups excluding carboxylic acids is 1. The first-order chi connectivity index (χ1) is 8.53. The molecule has 0 saturated carbocycles. The average Bonchev–Trinajstić information content (AvgIpc) is 2.39. The van der Waals surface area contributed by atoms with Crippen LogP contribution in [0.1, 0.15) is 6.92 Å². The second kappa shape index (κ2) is 4.89. The van der Waals surface area contributed by atoms with Gasteiger partial charge in [-0.3, -0.25) is 4.79 Å². The van der Waals surface area contributed by atoms with Crippen molar-refractivity contribution in [3.63, 3.8) is 0 Å². The number of carbonyl (C=O) groups is 1. The predicted octanol–water partition coefficient (Wildman–Crippen LogP) is 0.160. The van der Waals surface area contributed by atoms with Crippen LogP contribution in [0.4, 0.5) is 5.95 Å². The first-order valence-electron chi connectivity index (χ1n) is 5.90. The van der Waals surface area contributed by atoms with Gasteiger partial charge in [-0.05, 0) is 13.0 Å². The van der Waals surface area contributed by atoms with Crippen LogP contribution in [0.5, 0.6) is 0 Å². The maximum Gasteiger partial charge on any atom is 0.255 e. The molecule has 1 aliphatic rings. The number of morpholine rings is 1. The summed E-state index contributed by atoms with van der Waals surface area (Å²) in [5.41, 5.74) is -0.832. The Morgan fingerprint density at radius 2 is 2.11 bits per heavy atom. The lowest BCUT2D eigenvalue weighted by Crippen LogP contribution is -2.58. The van der Waals surface area contributed by atoms with Crippen LogP contribution in [0.3, 0.4) is 0 Å². The molecule has 0 bridgehead atoms. The van der Waals surface area contributed by atoms with E-state index in [0.717, 1.165) is 0 Å². The van der Waals surface area contributed by atoms with Gasteiger partial charge in [0.15, 0.2) is 5.60 Å². The molecule has 1 amide bonds. The number of ether oxygens (including phenoxy) is 1. The summed E-state index contributed by atoms with van der Waals surface area (Å²) in [6.45, 7) is 3.47. The van der Waals surface area contributed by atoms with Gasteiger partial charge in [-0.15, -0.1) is 0 Å². The average molecular weight is 250 g/mol. The van der Waals surface area contributed by atoms with Gasteiger partial charge in [0, 0.05) is 33.0 Å². The van der Waals surface area contributed by atoms with Crippen molar-refractivity contribution in [2.45, 2.75) is 12.5 Å². The molecule has 0 unspecified atom stereocenters. The summed E-state index contributed by atoms with van der Waals surface area (Å²) in [5.74, 6) is 0.599. The van der Waals surface area contributed by atoms with Gasteiger partial charge < -0.3 is 14.5 Å². The quantitative estimate of drug-likeness (QED) is 0.748. The first kappa shape index (κ1) is 12.8. The van der Waals surface area contributed by atoms with Gasteiger partial charge in [-0.1, -0.05) is 0 Å². The van der Waals surface area contributed by atoms with Crippen molar-refractivity contribution in [2.75, 3.05) is 38.7 Å². The van der Waals surface area contributed by atoms with Crippen LogP contribution in [0.15, 0.2) is 18.5 Å². The first-order valence-corrected chi connectivity index (χ1v) is 5.90. The van der Waals surface area contributed by atoms with Crippen LogP contribution >= 0.6 is 0 Å². The second-order valence-electron chi connectivity index (χ2n) is 4.75. The monoisotopic (exact) mass is 250 g/mol. The lowest BCUT2D eigenvalue weighted by atomic mass is 10.0. The second-order valence-corrected chi connectivity index (χ2v) is 4.75. The van der Waals surface area contributed by atoms with Gasteiger partial charge in [0.1, 0.15) is 0 Å². The van der Waals surface area contributed by atoms with E-state index >= 15 is 0 Å². The number of hydrogen-bond acceptors (Lipinski definition) is 5. The van der Waals surface area contributed by atoms with E-state index in [1.54, 1.807) is 37.5 Å². The van der Waals surface area contributed by atoms with E-state index in [1.807, 2.05) is 11.8 Å². The smallest absolute Gasteiger partial charge is 0.255 e. The molecule has 98 valence electrons. The molecule has 0 N–H and O–H groups in total. The minimum Gasteiger partial charge on any atom is -0.362 e. The summed E-state index contributed by atoms with van der Waals surface area (Å²) < 4.78 is 5.65. The van der Waals surface area contributed by atoms with Crippen molar-refractivity contribution in [1.29, 1.82) is 0 Å². The molecule has 1 aromatic rings. The Morgan fingerprint density at radius 1 is 1.44 bits per heavy atom. The Morgan fingerprint density at radius 3 is 2.72 bits per heavy atom. The fraction of sp³-hybridized carbons (Fsp3) is 0.583. The fourth-order valence-corrected chi connectivity index (χ4v) is 2.10. The molecule has 0 aliphatic carbocycles. The van der Waals surface area contributed by atoms with Crippen molar-refractivity contribution in [3.05, 3.63) is 18.5 Å². The van der Waals surface area contributed by atoms with Gasteiger partial charge >= 0.3 is 0 Å². The van der Waals surface area contributed by atoms with E-state index in [2.05, 4.69) is 9.97 Å². The van der Waals surface area contributed by atoms with Crippen LogP contribution in [0.2, 0.25) is 0 Å². The van der Waals surface area contributed by atoms with Crippen LogP contribution in [0.25, 0.3) is 0 Å². The van der Waals surface area contributed by atoms with Crippen LogP contribution in [-0.4, -0.2) is 60.2 Å². The van der Waals surface area contributed by atoms with Crippen molar-refractivity contribution < 1.29 is 9.53 Å². The highest BCUT2D eigenvalue weighted by molar-refractivity contribution is 5.85. The molecular weight excluding hydrogens is 232 g/mol. The summed E-state index contributed by atoms with van der Waals surface area (Å²) in [7, 11) is 3.46. The summed E-state index contributed by atoms with van der Waals surface area (Å²) >= 11 is 0. The minimum absolute atomic E-state index is 0.0388. The highest BCUT2D eigenvalue weighted by Crippen LogP contribution is 2.22. The molecule has 2 rings (SSSR count). The molecule has 1 saturated heterocycles. The van der Waals surface area contributed by atoms with E-state index in [0.29, 0.717) is 25.6 Å². The number of likely N-dealkylation sites (N-methyl/N-ethyl adjacent to an activating group) is 1. The molecule has 2 heterocycles. The highest BCUT2D eigenvalue weighted by Gasteiger charge is 2.40. The Kier molecular flexibility index (Phi) is 3.47. The lowest BCUT2D eigenvalue weighted by Gasteiger charge is -2.40. The largest absolute Gasteiger partial charge is 0.362 e. The third kappa shape index (κ3) is 2.43. The predicted molar refractivity (Wildman–Crippen MR) is 67.3 cm³/mol. The lowest BCUT2D eigenvalue weighted by molar-refractivity contribution is -0.155. The molecule has 1 aromatic heterocycles. The summed E-state index contributed by atoms with van der Waals surface area (Å²) in [6, 6.07) is 1.77. The number of amides is 1. The minimum atomic E-state index is -0.832. The Labute approximate surface area is 107 Å². The van der Waals surface area contributed by atoms with E-state index < -0.39 is 5.60 Å². The van der Waals surface area contributed by atoms with Crippen LogP contribution in [-0.2, 0) is 9.53 Å². The molecule has 6 heteroatoms. The number of anilines is 1. The summed E-state index contributed by atoms with van der Waals surface area (Å²) in [6.07, 6.45) is 3.39. The van der Waals surface area contributed by atoms with Crippen molar-refractivity contribution in [2.24, 2.45) is 0 Å². The summed E-state index contributed by atoms with van der Waals surface area (Å²) in [5, 5.41) is 0. The van der Waals surface area contributed by atoms with Crippen molar-refractivity contribution >= 4 is 11.9 Å². The van der Waals surface area contributed by atoms with E-state index in [9.17, 15) is 4.79 Å². The zero-order valence-electron chi connectivity index (χ0n) is 11.0. The highest BCUT2D eigenvalue weighted by atomic mass is 16.5. The Balaban J connectivity index is 2.16. The van der Waals surface area contributed by atoms with Crippen molar-refractivity contribution in [3.8, 4) is 0 Å². The number of nitrogens with zero attached hydrogens (tertiary/aromatic N) is 4. The third-order valence-electron chi connectivity index (χ3n) is 2.97. The SMILES string of the molecule is CN(C)C(=O)[C@]1(C)CN(c2ncccn2)CCO1. The molecule has 1 fully saturated rings. The molecule has 0 aromatic carbocycles. The maximum atomic E-state index is 12.1. The zero-order chi connectivity index (χ0) is 13.2. The molecule has 18 heavy (non-hydrogen) atoms. The topological polar surface area (TPSA) is 58.6 Å².